The second-order valence-corrected chi connectivity index (χ2v) is 6.76. The number of imidazole rings is 1. The molecule has 114 valence electrons. The van der Waals surface area contributed by atoms with Crippen molar-refractivity contribution in [1.82, 2.24) is 9.55 Å². The zero-order chi connectivity index (χ0) is 14.7. The van der Waals surface area contributed by atoms with Gasteiger partial charge in [0.25, 0.3) is 0 Å². The summed E-state index contributed by atoms with van der Waals surface area (Å²) in [7, 11) is 0. The normalized spacial score (nSPS) is 16.7. The smallest absolute Gasteiger partial charge is 0.124 e. The maximum Gasteiger partial charge on any atom is 0.124 e. The van der Waals surface area contributed by atoms with Gasteiger partial charge in [-0.15, -0.1) is 11.6 Å². The summed E-state index contributed by atoms with van der Waals surface area (Å²) in [5.74, 6) is 1.34. The van der Waals surface area contributed by atoms with E-state index in [0.29, 0.717) is 12.0 Å². The number of alkyl halides is 1. The van der Waals surface area contributed by atoms with Crippen LogP contribution in [0.2, 0.25) is 0 Å². The molecule has 0 amide bonds. The van der Waals surface area contributed by atoms with Gasteiger partial charge >= 0.3 is 0 Å². The minimum Gasteiger partial charge on any atom is -0.376 e. The molecular formula is C16H20BrClN2O. The first-order valence-corrected chi connectivity index (χ1v) is 8.93. The van der Waals surface area contributed by atoms with Gasteiger partial charge < -0.3 is 9.30 Å². The van der Waals surface area contributed by atoms with Crippen molar-refractivity contribution in [2.24, 2.45) is 0 Å². The second kappa shape index (κ2) is 7.12. The maximum absolute atomic E-state index is 6.04. The summed E-state index contributed by atoms with van der Waals surface area (Å²) in [4.78, 5) is 4.60. The lowest BCUT2D eigenvalue weighted by molar-refractivity contribution is 0.0242. The van der Waals surface area contributed by atoms with Crippen LogP contribution in [0.1, 0.15) is 37.9 Å². The number of halogens is 2. The predicted octanol–water partition coefficient (Wildman–Crippen LogP) is 4.89. The van der Waals surface area contributed by atoms with E-state index in [4.69, 9.17) is 16.3 Å². The van der Waals surface area contributed by atoms with Crippen molar-refractivity contribution in [3.8, 4) is 0 Å². The molecule has 0 unspecified atom stereocenters. The largest absolute Gasteiger partial charge is 0.376 e. The topological polar surface area (TPSA) is 27.1 Å². The molecular weight excluding hydrogens is 352 g/mol. The lowest BCUT2D eigenvalue weighted by atomic mass is 9.98. The molecule has 5 heteroatoms. The third-order valence-electron chi connectivity index (χ3n) is 4.13. The molecule has 3 nitrogen and oxygen atoms in total. The van der Waals surface area contributed by atoms with Crippen molar-refractivity contribution >= 4 is 38.6 Å². The van der Waals surface area contributed by atoms with Crippen LogP contribution in [0.3, 0.4) is 0 Å². The Morgan fingerprint density at radius 3 is 2.86 bits per heavy atom. The molecule has 1 fully saturated rings. The minimum absolute atomic E-state index is 0.426. The second-order valence-electron chi connectivity index (χ2n) is 5.58. The lowest BCUT2D eigenvalue weighted by Crippen LogP contribution is -2.19. The monoisotopic (exact) mass is 370 g/mol. The molecule has 1 heterocycles. The highest BCUT2D eigenvalue weighted by Crippen LogP contribution is 2.23. The zero-order valence-corrected chi connectivity index (χ0v) is 14.4. The summed E-state index contributed by atoms with van der Waals surface area (Å²) < 4.78 is 9.25. The molecule has 0 atom stereocenters. The van der Waals surface area contributed by atoms with Crippen LogP contribution in [0.15, 0.2) is 22.7 Å². The van der Waals surface area contributed by atoms with Crippen molar-refractivity contribution in [1.29, 1.82) is 0 Å². The summed E-state index contributed by atoms with van der Waals surface area (Å²) in [6.07, 6.45) is 6.83. The highest BCUT2D eigenvalue weighted by atomic mass is 79.9. The molecule has 1 aromatic heterocycles. The molecule has 2 aromatic rings. The Bertz CT molecular complexity index is 608. The van der Waals surface area contributed by atoms with Gasteiger partial charge in [-0.05, 0) is 31.0 Å². The SMILES string of the molecule is ClCc1nc2cc(Br)ccc2n1CCOC1CCCCC1. The van der Waals surface area contributed by atoms with Crippen LogP contribution in [0.25, 0.3) is 11.0 Å². The molecule has 0 aliphatic heterocycles. The van der Waals surface area contributed by atoms with Crippen molar-refractivity contribution in [2.75, 3.05) is 6.61 Å². The minimum atomic E-state index is 0.426. The van der Waals surface area contributed by atoms with E-state index in [1.165, 1.54) is 32.1 Å². The molecule has 1 saturated carbocycles. The number of ether oxygens (including phenoxy) is 1. The zero-order valence-electron chi connectivity index (χ0n) is 12.0. The van der Waals surface area contributed by atoms with E-state index < -0.39 is 0 Å². The van der Waals surface area contributed by atoms with Crippen molar-refractivity contribution in [2.45, 2.75) is 50.6 Å². The predicted molar refractivity (Wildman–Crippen MR) is 89.8 cm³/mol. The molecule has 0 saturated heterocycles. The Morgan fingerprint density at radius 1 is 1.29 bits per heavy atom. The van der Waals surface area contributed by atoms with Gasteiger partial charge in [-0.25, -0.2) is 4.98 Å². The molecule has 1 aliphatic carbocycles. The van der Waals surface area contributed by atoms with Crippen molar-refractivity contribution in [3.63, 3.8) is 0 Å². The Balaban J connectivity index is 1.70. The number of aromatic nitrogens is 2. The Labute approximate surface area is 138 Å². The lowest BCUT2D eigenvalue weighted by Gasteiger charge is -2.22. The highest BCUT2D eigenvalue weighted by molar-refractivity contribution is 9.10. The molecule has 3 rings (SSSR count). The fraction of sp³-hybridized carbons (Fsp3) is 0.562. The van der Waals surface area contributed by atoms with E-state index in [0.717, 1.165) is 34.5 Å². The van der Waals surface area contributed by atoms with E-state index >= 15 is 0 Å². The first-order chi connectivity index (χ1) is 10.3. The average Bonchev–Trinajstić information content (AvgIpc) is 2.85. The molecule has 21 heavy (non-hydrogen) atoms. The van der Waals surface area contributed by atoms with Gasteiger partial charge in [0.1, 0.15) is 5.82 Å². The van der Waals surface area contributed by atoms with Crippen LogP contribution in [-0.4, -0.2) is 22.3 Å². The standard InChI is InChI=1S/C16H20BrClN2O/c17-12-6-7-15-14(10-12)19-16(11-18)20(15)8-9-21-13-4-2-1-3-5-13/h6-7,10,13H,1-5,8-9,11H2. The number of rotatable bonds is 5. The van der Waals surface area contributed by atoms with Crippen LogP contribution in [-0.2, 0) is 17.2 Å². The van der Waals surface area contributed by atoms with Crippen LogP contribution in [0.4, 0.5) is 0 Å². The van der Waals surface area contributed by atoms with Crippen LogP contribution in [0, 0.1) is 0 Å². The number of hydrogen-bond donors (Lipinski definition) is 0. The third-order valence-corrected chi connectivity index (χ3v) is 4.86. The fourth-order valence-corrected chi connectivity index (χ4v) is 3.60. The van der Waals surface area contributed by atoms with Crippen molar-refractivity contribution in [3.05, 3.63) is 28.5 Å². The Morgan fingerprint density at radius 2 is 2.10 bits per heavy atom. The van der Waals surface area contributed by atoms with Gasteiger partial charge in [0.15, 0.2) is 0 Å². The molecule has 1 aliphatic rings. The number of fused-ring (bicyclic) bond motifs is 1. The van der Waals surface area contributed by atoms with Crippen LogP contribution >= 0.6 is 27.5 Å². The Kier molecular flexibility index (Phi) is 5.19. The highest BCUT2D eigenvalue weighted by Gasteiger charge is 2.15. The van der Waals surface area contributed by atoms with E-state index in [1.54, 1.807) is 0 Å². The molecule has 0 radical (unpaired) electrons. The van der Waals surface area contributed by atoms with Crippen LogP contribution < -0.4 is 0 Å². The van der Waals surface area contributed by atoms with Crippen LogP contribution in [0.5, 0.6) is 0 Å². The summed E-state index contributed by atoms with van der Waals surface area (Å²) >= 11 is 9.52. The quantitative estimate of drug-likeness (QED) is 0.700. The summed E-state index contributed by atoms with van der Waals surface area (Å²) in [5.41, 5.74) is 2.11. The number of hydrogen-bond acceptors (Lipinski definition) is 2. The third kappa shape index (κ3) is 3.61. The molecule has 0 bridgehead atoms. The number of benzene rings is 1. The molecule has 1 aromatic carbocycles. The summed E-state index contributed by atoms with van der Waals surface area (Å²) in [5, 5.41) is 0. The maximum atomic E-state index is 6.04. The first kappa shape index (κ1) is 15.3. The summed E-state index contributed by atoms with van der Waals surface area (Å²) in [6.45, 7) is 1.55. The summed E-state index contributed by atoms with van der Waals surface area (Å²) in [6, 6.07) is 6.16. The Hall–Kier alpha value is -0.580. The van der Waals surface area contributed by atoms with Gasteiger partial charge in [-0.2, -0.15) is 0 Å². The van der Waals surface area contributed by atoms with Gasteiger partial charge in [0.05, 0.1) is 29.6 Å². The molecule has 0 spiro atoms. The van der Waals surface area contributed by atoms with E-state index in [1.807, 2.05) is 12.1 Å². The van der Waals surface area contributed by atoms with E-state index in [9.17, 15) is 0 Å². The van der Waals surface area contributed by atoms with E-state index in [2.05, 4.69) is 31.5 Å². The van der Waals surface area contributed by atoms with E-state index in [-0.39, 0.29) is 0 Å². The molecule has 0 N–H and O–H groups in total. The van der Waals surface area contributed by atoms with Crippen molar-refractivity contribution < 1.29 is 4.74 Å². The average molecular weight is 372 g/mol. The van der Waals surface area contributed by atoms with Gasteiger partial charge in [0.2, 0.25) is 0 Å². The first-order valence-electron chi connectivity index (χ1n) is 7.60. The number of nitrogens with zero attached hydrogens (tertiary/aromatic N) is 2. The van der Waals surface area contributed by atoms with Gasteiger partial charge in [-0.1, -0.05) is 35.2 Å². The van der Waals surface area contributed by atoms with Gasteiger partial charge in [0, 0.05) is 11.0 Å². The van der Waals surface area contributed by atoms with Gasteiger partial charge in [-0.3, -0.25) is 0 Å². The fourth-order valence-electron chi connectivity index (χ4n) is 3.05.